The van der Waals surface area contributed by atoms with Crippen molar-refractivity contribution in [1.29, 1.82) is 0 Å². The summed E-state index contributed by atoms with van der Waals surface area (Å²) in [5, 5.41) is 8.32. The highest BCUT2D eigenvalue weighted by molar-refractivity contribution is 5.75. The minimum atomic E-state index is -0.261. The van der Waals surface area contributed by atoms with Gasteiger partial charge in [0.1, 0.15) is 11.3 Å². The summed E-state index contributed by atoms with van der Waals surface area (Å²) < 4.78 is 14.8. The van der Waals surface area contributed by atoms with Crippen LogP contribution >= 0.6 is 0 Å². The smallest absolute Gasteiger partial charge is 0.182 e. The van der Waals surface area contributed by atoms with Crippen LogP contribution in [0.2, 0.25) is 0 Å². The van der Waals surface area contributed by atoms with E-state index >= 15 is 0 Å². The standard InChI is InChI=1S/C13H11FN4/c1-2-18-8-15-12-7-11(16-17-13(12)18)9-3-5-10(14)6-4-9/h3-8H,2H2,1H3. The van der Waals surface area contributed by atoms with Crippen molar-refractivity contribution >= 4 is 11.2 Å². The fraction of sp³-hybridized carbons (Fsp3) is 0.154. The van der Waals surface area contributed by atoms with E-state index in [1.54, 1.807) is 18.5 Å². The van der Waals surface area contributed by atoms with Gasteiger partial charge >= 0.3 is 0 Å². The van der Waals surface area contributed by atoms with E-state index in [1.165, 1.54) is 12.1 Å². The molecule has 0 amide bonds. The van der Waals surface area contributed by atoms with E-state index < -0.39 is 0 Å². The van der Waals surface area contributed by atoms with Crippen molar-refractivity contribution in [3.8, 4) is 11.3 Å². The molecule has 90 valence electrons. The van der Waals surface area contributed by atoms with Crippen LogP contribution in [0.3, 0.4) is 0 Å². The van der Waals surface area contributed by atoms with Gasteiger partial charge in [0.25, 0.3) is 0 Å². The average Bonchev–Trinajstić information content (AvgIpc) is 2.81. The molecule has 18 heavy (non-hydrogen) atoms. The number of hydrogen-bond donors (Lipinski definition) is 0. The average molecular weight is 242 g/mol. The van der Waals surface area contributed by atoms with E-state index in [2.05, 4.69) is 15.2 Å². The zero-order chi connectivity index (χ0) is 12.5. The van der Waals surface area contributed by atoms with E-state index in [4.69, 9.17) is 0 Å². The highest BCUT2D eigenvalue weighted by Gasteiger charge is 2.07. The van der Waals surface area contributed by atoms with Gasteiger partial charge in [0.05, 0.1) is 12.0 Å². The topological polar surface area (TPSA) is 43.6 Å². The molecule has 0 bridgehead atoms. The number of hydrogen-bond acceptors (Lipinski definition) is 3. The highest BCUT2D eigenvalue weighted by atomic mass is 19.1. The maximum absolute atomic E-state index is 12.9. The first-order valence-electron chi connectivity index (χ1n) is 5.72. The van der Waals surface area contributed by atoms with Gasteiger partial charge < -0.3 is 4.57 Å². The molecule has 3 aromatic rings. The van der Waals surface area contributed by atoms with Crippen LogP contribution in [0, 0.1) is 5.82 Å². The first kappa shape index (κ1) is 10.8. The molecule has 5 heteroatoms. The van der Waals surface area contributed by atoms with Crippen LogP contribution < -0.4 is 0 Å². The molecule has 0 radical (unpaired) electrons. The molecule has 0 aliphatic heterocycles. The predicted molar refractivity (Wildman–Crippen MR) is 66.4 cm³/mol. The highest BCUT2D eigenvalue weighted by Crippen LogP contribution is 2.19. The van der Waals surface area contributed by atoms with Gasteiger partial charge in [-0.05, 0) is 37.3 Å². The fourth-order valence-electron chi connectivity index (χ4n) is 1.85. The molecule has 0 saturated heterocycles. The van der Waals surface area contributed by atoms with Gasteiger partial charge in [-0.3, -0.25) is 0 Å². The zero-order valence-electron chi connectivity index (χ0n) is 9.84. The molecule has 3 rings (SSSR count). The van der Waals surface area contributed by atoms with Crippen LogP contribution in [0.25, 0.3) is 22.4 Å². The summed E-state index contributed by atoms with van der Waals surface area (Å²) in [5.74, 6) is -0.261. The Kier molecular flexibility index (Phi) is 2.51. The van der Waals surface area contributed by atoms with Crippen LogP contribution in [0.5, 0.6) is 0 Å². The Labute approximate surface area is 103 Å². The number of aromatic nitrogens is 4. The van der Waals surface area contributed by atoms with Crippen molar-refractivity contribution in [3.05, 3.63) is 42.5 Å². The van der Waals surface area contributed by atoms with E-state index in [0.717, 1.165) is 23.3 Å². The molecular weight excluding hydrogens is 231 g/mol. The number of aryl methyl sites for hydroxylation is 1. The van der Waals surface area contributed by atoms with Crippen molar-refractivity contribution in [2.75, 3.05) is 0 Å². The van der Waals surface area contributed by atoms with Crippen molar-refractivity contribution in [2.24, 2.45) is 0 Å². The quantitative estimate of drug-likeness (QED) is 0.693. The molecule has 0 aliphatic rings. The predicted octanol–water partition coefficient (Wildman–Crippen LogP) is 2.65. The van der Waals surface area contributed by atoms with E-state index in [-0.39, 0.29) is 5.82 Å². The summed E-state index contributed by atoms with van der Waals surface area (Å²) in [4.78, 5) is 4.28. The monoisotopic (exact) mass is 242 g/mol. The van der Waals surface area contributed by atoms with Crippen LogP contribution in [0.1, 0.15) is 6.92 Å². The van der Waals surface area contributed by atoms with Crippen LogP contribution in [0.4, 0.5) is 4.39 Å². The lowest BCUT2D eigenvalue weighted by Gasteiger charge is -2.00. The van der Waals surface area contributed by atoms with E-state index in [0.29, 0.717) is 5.69 Å². The van der Waals surface area contributed by atoms with Crippen LogP contribution in [-0.4, -0.2) is 19.7 Å². The SMILES string of the molecule is CCn1cnc2cc(-c3ccc(F)cc3)nnc21. The van der Waals surface area contributed by atoms with Crippen LogP contribution in [-0.2, 0) is 6.54 Å². The number of nitrogens with zero attached hydrogens (tertiary/aromatic N) is 4. The molecule has 0 fully saturated rings. The third-order valence-electron chi connectivity index (χ3n) is 2.84. The molecule has 0 aliphatic carbocycles. The molecular formula is C13H11FN4. The van der Waals surface area contributed by atoms with Gasteiger partial charge in [-0.1, -0.05) is 0 Å². The Balaban J connectivity index is 2.10. The summed E-state index contributed by atoms with van der Waals surface area (Å²) in [6, 6.07) is 8.05. The lowest BCUT2D eigenvalue weighted by Crippen LogP contribution is -1.95. The lowest BCUT2D eigenvalue weighted by molar-refractivity contribution is 0.628. The molecule has 1 aromatic carbocycles. The Morgan fingerprint density at radius 2 is 1.94 bits per heavy atom. The van der Waals surface area contributed by atoms with Crippen molar-refractivity contribution in [1.82, 2.24) is 19.7 Å². The van der Waals surface area contributed by atoms with E-state index in [9.17, 15) is 4.39 Å². The van der Waals surface area contributed by atoms with Crippen LogP contribution in [0.15, 0.2) is 36.7 Å². The molecule has 2 heterocycles. The maximum atomic E-state index is 12.9. The first-order valence-corrected chi connectivity index (χ1v) is 5.72. The fourth-order valence-corrected chi connectivity index (χ4v) is 1.85. The minimum absolute atomic E-state index is 0.261. The Morgan fingerprint density at radius 1 is 1.17 bits per heavy atom. The molecule has 4 nitrogen and oxygen atoms in total. The first-order chi connectivity index (χ1) is 8.78. The Bertz CT molecular complexity index is 688. The summed E-state index contributed by atoms with van der Waals surface area (Å²) >= 11 is 0. The van der Waals surface area contributed by atoms with Gasteiger partial charge in [-0.15, -0.1) is 10.2 Å². The Hall–Kier alpha value is -2.30. The summed E-state index contributed by atoms with van der Waals surface area (Å²) in [6.45, 7) is 2.83. The lowest BCUT2D eigenvalue weighted by atomic mass is 10.1. The minimum Gasteiger partial charge on any atom is -0.314 e. The number of imidazole rings is 1. The molecule has 0 unspecified atom stereocenters. The molecule has 0 atom stereocenters. The second-order valence-electron chi connectivity index (χ2n) is 3.98. The largest absolute Gasteiger partial charge is 0.314 e. The normalized spacial score (nSPS) is 11.0. The summed E-state index contributed by atoms with van der Waals surface area (Å²) in [5.41, 5.74) is 3.09. The van der Waals surface area contributed by atoms with Gasteiger partial charge in [0, 0.05) is 12.1 Å². The molecule has 2 aromatic heterocycles. The third kappa shape index (κ3) is 1.73. The van der Waals surface area contributed by atoms with Crippen molar-refractivity contribution in [3.63, 3.8) is 0 Å². The second-order valence-corrected chi connectivity index (χ2v) is 3.98. The molecule has 0 N–H and O–H groups in total. The van der Waals surface area contributed by atoms with Crippen molar-refractivity contribution in [2.45, 2.75) is 13.5 Å². The van der Waals surface area contributed by atoms with E-state index in [1.807, 2.05) is 17.6 Å². The third-order valence-corrected chi connectivity index (χ3v) is 2.84. The number of halogens is 1. The zero-order valence-corrected chi connectivity index (χ0v) is 9.84. The van der Waals surface area contributed by atoms with Gasteiger partial charge in [0.15, 0.2) is 5.65 Å². The van der Waals surface area contributed by atoms with Gasteiger partial charge in [-0.2, -0.15) is 0 Å². The number of rotatable bonds is 2. The van der Waals surface area contributed by atoms with Crippen molar-refractivity contribution < 1.29 is 4.39 Å². The second kappa shape index (κ2) is 4.18. The number of benzene rings is 1. The van der Waals surface area contributed by atoms with Gasteiger partial charge in [-0.25, -0.2) is 9.37 Å². The summed E-state index contributed by atoms with van der Waals surface area (Å²) in [6.07, 6.45) is 1.74. The molecule has 0 spiro atoms. The molecule has 0 saturated carbocycles. The number of fused-ring (bicyclic) bond motifs is 1. The van der Waals surface area contributed by atoms with Gasteiger partial charge in [0.2, 0.25) is 0 Å². The maximum Gasteiger partial charge on any atom is 0.182 e. The Morgan fingerprint density at radius 3 is 2.67 bits per heavy atom. The summed E-state index contributed by atoms with van der Waals surface area (Å²) in [7, 11) is 0.